The Morgan fingerprint density at radius 3 is 2.78 bits per heavy atom. The average Bonchev–Trinajstić information content (AvgIpc) is 2.82. The highest BCUT2D eigenvalue weighted by molar-refractivity contribution is 5.99. The third kappa shape index (κ3) is 3.41. The highest BCUT2D eigenvalue weighted by Crippen LogP contribution is 2.33. The van der Waals surface area contributed by atoms with E-state index in [9.17, 15) is 9.90 Å². The third-order valence-corrected chi connectivity index (χ3v) is 6.01. The number of phenolic OH excluding ortho intramolecular Hbond substituents is 1. The third-order valence-electron chi connectivity index (χ3n) is 6.01. The van der Waals surface area contributed by atoms with Crippen molar-refractivity contribution < 1.29 is 9.90 Å². The van der Waals surface area contributed by atoms with Crippen LogP contribution in [0.1, 0.15) is 6.92 Å². The molecule has 0 saturated carbocycles. The molecular formula is C25H23N5O2. The van der Waals surface area contributed by atoms with Crippen molar-refractivity contribution in [1.82, 2.24) is 19.9 Å². The lowest BCUT2D eigenvalue weighted by atomic mass is 10.0. The lowest BCUT2D eigenvalue weighted by Gasteiger charge is -2.40. The number of carbonyl (C=O) groups is 1. The Kier molecular flexibility index (Phi) is 4.93. The fraction of sp³-hybridized carbons (Fsp3) is 0.200. The van der Waals surface area contributed by atoms with Crippen molar-refractivity contribution in [2.45, 2.75) is 13.0 Å². The van der Waals surface area contributed by atoms with Crippen LogP contribution in [0.15, 0.2) is 67.6 Å². The van der Waals surface area contributed by atoms with Crippen LogP contribution in [0.5, 0.6) is 5.75 Å². The summed E-state index contributed by atoms with van der Waals surface area (Å²) in [6.07, 6.45) is 4.72. The number of hydrogen-bond donors (Lipinski definition) is 1. The summed E-state index contributed by atoms with van der Waals surface area (Å²) >= 11 is 0. The Balaban J connectivity index is 1.53. The second-order valence-corrected chi connectivity index (χ2v) is 8.03. The first-order chi connectivity index (χ1) is 15.5. The minimum atomic E-state index is -0.0469. The van der Waals surface area contributed by atoms with Gasteiger partial charge in [-0.15, -0.1) is 0 Å². The molecule has 0 aliphatic carbocycles. The molecule has 160 valence electrons. The van der Waals surface area contributed by atoms with Gasteiger partial charge in [0.1, 0.15) is 17.9 Å². The Labute approximate surface area is 185 Å². The summed E-state index contributed by atoms with van der Waals surface area (Å²) in [4.78, 5) is 29.8. The highest BCUT2D eigenvalue weighted by atomic mass is 16.3. The van der Waals surface area contributed by atoms with Crippen molar-refractivity contribution in [3.05, 3.63) is 67.6 Å². The molecule has 0 bridgehead atoms. The van der Waals surface area contributed by atoms with Crippen LogP contribution in [0.2, 0.25) is 0 Å². The molecule has 2 aromatic carbocycles. The highest BCUT2D eigenvalue weighted by Gasteiger charge is 2.27. The minimum Gasteiger partial charge on any atom is -0.508 e. The van der Waals surface area contributed by atoms with Crippen LogP contribution >= 0.6 is 0 Å². The number of carbonyl (C=O) groups excluding carboxylic acids is 1. The van der Waals surface area contributed by atoms with E-state index in [-0.39, 0.29) is 17.7 Å². The number of rotatable bonds is 3. The van der Waals surface area contributed by atoms with Crippen LogP contribution in [0.25, 0.3) is 32.9 Å². The van der Waals surface area contributed by atoms with Gasteiger partial charge in [-0.25, -0.2) is 9.97 Å². The SMILES string of the molecule is C=CC(=O)N1CCN(c2ncnc3cc(-c4cc(O)cc5ccccc45)ncc23)CC1C. The summed E-state index contributed by atoms with van der Waals surface area (Å²) in [5.41, 5.74) is 2.38. The van der Waals surface area contributed by atoms with Gasteiger partial charge in [-0.2, -0.15) is 0 Å². The second-order valence-electron chi connectivity index (χ2n) is 8.03. The van der Waals surface area contributed by atoms with E-state index in [1.165, 1.54) is 6.08 Å². The maximum atomic E-state index is 12.1. The number of hydrogen-bond acceptors (Lipinski definition) is 6. The molecular weight excluding hydrogens is 402 g/mol. The van der Waals surface area contributed by atoms with E-state index >= 15 is 0 Å². The van der Waals surface area contributed by atoms with Gasteiger partial charge in [0.2, 0.25) is 5.91 Å². The maximum absolute atomic E-state index is 12.1. The van der Waals surface area contributed by atoms with E-state index in [2.05, 4.69) is 21.4 Å². The van der Waals surface area contributed by atoms with E-state index in [1.54, 1.807) is 24.7 Å². The largest absolute Gasteiger partial charge is 0.508 e. The molecule has 1 amide bonds. The van der Waals surface area contributed by atoms with Crippen LogP contribution in [0.4, 0.5) is 5.82 Å². The first-order valence-electron chi connectivity index (χ1n) is 10.6. The molecule has 1 unspecified atom stereocenters. The molecule has 2 aromatic heterocycles. The molecule has 0 radical (unpaired) electrons. The molecule has 1 fully saturated rings. The van der Waals surface area contributed by atoms with Crippen molar-refractivity contribution in [3.8, 4) is 17.0 Å². The van der Waals surface area contributed by atoms with Crippen molar-refractivity contribution in [3.63, 3.8) is 0 Å². The Morgan fingerprint density at radius 1 is 1.12 bits per heavy atom. The lowest BCUT2D eigenvalue weighted by molar-refractivity contribution is -0.128. The number of aromatic nitrogens is 3. The number of aromatic hydroxyl groups is 1. The van der Waals surface area contributed by atoms with E-state index < -0.39 is 0 Å². The number of benzene rings is 2. The molecule has 7 nitrogen and oxygen atoms in total. The summed E-state index contributed by atoms with van der Waals surface area (Å²) in [7, 11) is 0. The second kappa shape index (κ2) is 7.92. The van der Waals surface area contributed by atoms with E-state index in [1.807, 2.05) is 42.2 Å². The monoisotopic (exact) mass is 425 g/mol. The van der Waals surface area contributed by atoms with Gasteiger partial charge in [-0.3, -0.25) is 9.78 Å². The predicted octanol–water partition coefficient (Wildman–Crippen LogP) is 3.77. The first kappa shape index (κ1) is 19.9. The van der Waals surface area contributed by atoms with Crippen LogP contribution in [0, 0.1) is 0 Å². The normalized spacial score (nSPS) is 16.5. The molecule has 5 rings (SSSR count). The van der Waals surface area contributed by atoms with Gasteiger partial charge >= 0.3 is 0 Å². The molecule has 4 aromatic rings. The van der Waals surface area contributed by atoms with Crippen LogP contribution in [0.3, 0.4) is 0 Å². The molecule has 1 aliphatic heterocycles. The van der Waals surface area contributed by atoms with Crippen molar-refractivity contribution in [1.29, 1.82) is 0 Å². The fourth-order valence-electron chi connectivity index (χ4n) is 4.44. The number of piperazine rings is 1. The number of amides is 1. The predicted molar refractivity (Wildman–Crippen MR) is 126 cm³/mol. The van der Waals surface area contributed by atoms with Crippen molar-refractivity contribution in [2.24, 2.45) is 0 Å². The van der Waals surface area contributed by atoms with Crippen LogP contribution in [-0.4, -0.2) is 56.5 Å². The summed E-state index contributed by atoms with van der Waals surface area (Å²) in [6, 6.07) is 13.4. The first-order valence-corrected chi connectivity index (χ1v) is 10.6. The van der Waals surface area contributed by atoms with Crippen molar-refractivity contribution in [2.75, 3.05) is 24.5 Å². The Bertz CT molecular complexity index is 1350. The van der Waals surface area contributed by atoms with Gasteiger partial charge < -0.3 is 14.9 Å². The zero-order chi connectivity index (χ0) is 22.2. The summed E-state index contributed by atoms with van der Waals surface area (Å²) in [5.74, 6) is 0.964. The molecule has 1 atom stereocenters. The smallest absolute Gasteiger partial charge is 0.246 e. The number of pyridine rings is 1. The molecule has 3 heterocycles. The minimum absolute atomic E-state index is 0.0464. The molecule has 0 spiro atoms. The van der Waals surface area contributed by atoms with E-state index in [4.69, 9.17) is 4.98 Å². The Morgan fingerprint density at radius 2 is 1.97 bits per heavy atom. The Hall–Kier alpha value is -4.00. The van der Waals surface area contributed by atoms with Gasteiger partial charge in [-0.1, -0.05) is 30.8 Å². The van der Waals surface area contributed by atoms with E-state index in [0.717, 1.165) is 38.8 Å². The van der Waals surface area contributed by atoms with Crippen LogP contribution < -0.4 is 4.90 Å². The van der Waals surface area contributed by atoms with Crippen LogP contribution in [-0.2, 0) is 4.79 Å². The number of phenols is 1. The average molecular weight is 425 g/mol. The molecule has 32 heavy (non-hydrogen) atoms. The summed E-state index contributed by atoms with van der Waals surface area (Å²) in [6.45, 7) is 7.58. The molecule has 7 heteroatoms. The lowest BCUT2D eigenvalue weighted by Crippen LogP contribution is -2.54. The topological polar surface area (TPSA) is 82.5 Å². The quantitative estimate of drug-likeness (QED) is 0.503. The van der Waals surface area contributed by atoms with Gasteiger partial charge in [0, 0.05) is 37.4 Å². The number of nitrogens with zero attached hydrogens (tertiary/aromatic N) is 5. The molecule has 1 N–H and O–H groups in total. The number of fused-ring (bicyclic) bond motifs is 2. The molecule has 1 saturated heterocycles. The zero-order valence-corrected chi connectivity index (χ0v) is 17.8. The van der Waals surface area contributed by atoms with Gasteiger partial charge in [0.15, 0.2) is 0 Å². The molecule has 1 aliphatic rings. The van der Waals surface area contributed by atoms with Gasteiger partial charge in [0.25, 0.3) is 0 Å². The summed E-state index contributed by atoms with van der Waals surface area (Å²) < 4.78 is 0. The van der Waals surface area contributed by atoms with Crippen molar-refractivity contribution >= 4 is 33.4 Å². The fourth-order valence-corrected chi connectivity index (χ4v) is 4.44. The van der Waals surface area contributed by atoms with E-state index in [0.29, 0.717) is 19.6 Å². The van der Waals surface area contributed by atoms with Gasteiger partial charge in [-0.05, 0) is 42.0 Å². The standard InChI is InChI=1S/C25H23N5O2/c1-3-24(32)30-9-8-29(14-16(30)2)25-21-13-26-22(12-23(21)27-15-28-25)20-11-18(31)10-17-6-4-5-7-19(17)20/h3-7,10-13,15-16,31H,1,8-9,14H2,2H3. The van der Waals surface area contributed by atoms with Gasteiger partial charge in [0.05, 0.1) is 16.6 Å². The maximum Gasteiger partial charge on any atom is 0.246 e. The summed E-state index contributed by atoms with van der Waals surface area (Å²) in [5, 5.41) is 13.0. The number of anilines is 1. The zero-order valence-electron chi connectivity index (χ0n) is 17.8.